The monoisotopic (exact) mass is 331 g/mol. The van der Waals surface area contributed by atoms with E-state index in [-0.39, 0.29) is 10.8 Å². The zero-order valence-corrected chi connectivity index (χ0v) is 11.8. The van der Waals surface area contributed by atoms with E-state index in [0.29, 0.717) is 0 Å². The van der Waals surface area contributed by atoms with Gasteiger partial charge in [0.15, 0.2) is 0 Å². The van der Waals surface area contributed by atoms with E-state index in [1.165, 1.54) is 6.07 Å². The van der Waals surface area contributed by atoms with Gasteiger partial charge in [0.2, 0.25) is 5.91 Å². The average molecular weight is 331 g/mol. The molecule has 2 aromatic carbocycles. The third-order valence-corrected chi connectivity index (χ3v) is 4.64. The zero-order valence-electron chi connectivity index (χ0n) is 10.2. The van der Waals surface area contributed by atoms with E-state index in [4.69, 9.17) is 10.3 Å². The molecule has 0 bridgehead atoms. The van der Waals surface area contributed by atoms with Crippen molar-refractivity contribution >= 4 is 36.9 Å². The van der Waals surface area contributed by atoms with Crippen LogP contribution in [0.25, 0.3) is 10.8 Å². The van der Waals surface area contributed by atoms with Gasteiger partial charge < -0.3 is 5.73 Å². The zero-order chi connectivity index (χ0) is 16.0. The molecule has 0 aliphatic carbocycles. The Balaban J connectivity index is 3.10. The highest BCUT2D eigenvalue weighted by Gasteiger charge is 2.25. The van der Waals surface area contributed by atoms with Gasteiger partial charge in [0.1, 0.15) is 9.79 Å². The van der Waals surface area contributed by atoms with Gasteiger partial charge >= 0.3 is 0 Å². The van der Waals surface area contributed by atoms with Crippen LogP contribution in [0.5, 0.6) is 0 Å². The van der Waals surface area contributed by atoms with Gasteiger partial charge in [-0.05, 0) is 12.1 Å². The van der Waals surface area contributed by atoms with Crippen LogP contribution in [0.4, 0.5) is 0 Å². The molecule has 0 fully saturated rings. The van der Waals surface area contributed by atoms with E-state index in [0.717, 1.165) is 24.3 Å². The summed E-state index contributed by atoms with van der Waals surface area (Å²) in [5.41, 5.74) is 4.56. The van der Waals surface area contributed by atoms with Gasteiger partial charge in [0.25, 0.3) is 20.2 Å². The summed E-state index contributed by atoms with van der Waals surface area (Å²) in [6, 6.07) is 5.47. The highest BCUT2D eigenvalue weighted by Crippen LogP contribution is 2.30. The number of primary amides is 1. The minimum absolute atomic E-state index is 0.169. The van der Waals surface area contributed by atoms with Crippen LogP contribution in [0.2, 0.25) is 0 Å². The fourth-order valence-corrected chi connectivity index (χ4v) is 3.61. The molecule has 2 rings (SSSR count). The summed E-state index contributed by atoms with van der Waals surface area (Å²) in [6.45, 7) is 0. The number of amides is 1. The molecule has 0 spiro atoms. The van der Waals surface area contributed by atoms with Crippen molar-refractivity contribution in [3.63, 3.8) is 0 Å². The number of nitrogens with two attached hydrogens (primary N) is 1. The van der Waals surface area contributed by atoms with Crippen molar-refractivity contribution in [3.05, 3.63) is 35.9 Å². The number of rotatable bonds is 3. The summed E-state index contributed by atoms with van der Waals surface area (Å²) >= 11 is 0. The second kappa shape index (κ2) is 4.77. The first-order valence-corrected chi connectivity index (χ1v) is 8.22. The maximum atomic E-state index is 11.5. The SMILES string of the molecule is NC(=O)c1ccc2c(S(=O)(=O)O)cccc2c1S(=O)(=O)O. The largest absolute Gasteiger partial charge is 0.366 e. The van der Waals surface area contributed by atoms with Gasteiger partial charge in [-0.2, -0.15) is 16.8 Å². The summed E-state index contributed by atoms with van der Waals surface area (Å²) in [5, 5.41) is -0.415. The second-order valence-corrected chi connectivity index (χ2v) is 6.86. The predicted molar refractivity (Wildman–Crippen MR) is 72.1 cm³/mol. The Bertz CT molecular complexity index is 961. The number of carbonyl (C=O) groups is 1. The van der Waals surface area contributed by atoms with Crippen molar-refractivity contribution in [2.24, 2.45) is 5.73 Å². The van der Waals surface area contributed by atoms with Crippen LogP contribution in [0.3, 0.4) is 0 Å². The molecular weight excluding hydrogens is 322 g/mol. The van der Waals surface area contributed by atoms with E-state index in [1.807, 2.05) is 0 Å². The van der Waals surface area contributed by atoms with Gasteiger partial charge in [-0.3, -0.25) is 13.9 Å². The minimum atomic E-state index is -4.84. The molecule has 0 heterocycles. The quantitative estimate of drug-likeness (QED) is 0.689. The molecule has 0 saturated carbocycles. The highest BCUT2D eigenvalue weighted by molar-refractivity contribution is 7.86. The van der Waals surface area contributed by atoms with Gasteiger partial charge in [-0.1, -0.05) is 18.2 Å². The Hall–Kier alpha value is -2.01. The van der Waals surface area contributed by atoms with Crippen LogP contribution in [0.1, 0.15) is 10.4 Å². The summed E-state index contributed by atoms with van der Waals surface area (Å²) < 4.78 is 63.9. The summed E-state index contributed by atoms with van der Waals surface area (Å²) in [4.78, 5) is 9.91. The number of fused-ring (bicyclic) bond motifs is 1. The molecule has 112 valence electrons. The molecule has 8 nitrogen and oxygen atoms in total. The molecule has 1 amide bonds. The predicted octanol–water partition coefficient (Wildman–Crippen LogP) is 0.432. The molecule has 0 aliphatic rings. The average Bonchev–Trinajstić information content (AvgIpc) is 2.33. The topological polar surface area (TPSA) is 152 Å². The second-order valence-electron chi connectivity index (χ2n) is 4.11. The van der Waals surface area contributed by atoms with Gasteiger partial charge in [-0.25, -0.2) is 0 Å². The lowest BCUT2D eigenvalue weighted by atomic mass is 10.1. The molecule has 21 heavy (non-hydrogen) atoms. The van der Waals surface area contributed by atoms with Gasteiger partial charge in [0, 0.05) is 10.8 Å². The van der Waals surface area contributed by atoms with E-state index < -0.39 is 41.5 Å². The molecule has 10 heteroatoms. The summed E-state index contributed by atoms with van der Waals surface area (Å²) in [6.07, 6.45) is 0. The van der Waals surface area contributed by atoms with Crippen LogP contribution in [-0.2, 0) is 20.2 Å². The fourth-order valence-electron chi connectivity index (χ4n) is 2.00. The van der Waals surface area contributed by atoms with Crippen LogP contribution < -0.4 is 5.73 Å². The molecule has 0 aliphatic heterocycles. The Labute approximate surface area is 119 Å². The van der Waals surface area contributed by atoms with Gasteiger partial charge in [-0.15, -0.1) is 0 Å². The minimum Gasteiger partial charge on any atom is -0.366 e. The lowest BCUT2D eigenvalue weighted by Gasteiger charge is -2.10. The highest BCUT2D eigenvalue weighted by atomic mass is 32.2. The molecule has 0 atom stereocenters. The molecular formula is C11H9NO7S2. The molecule has 2 aromatic rings. The first kappa shape index (κ1) is 15.4. The standard InChI is InChI=1S/C11H9NO7S2/c12-11(13)8-5-4-6-7(10(8)21(17,18)19)2-1-3-9(6)20(14,15)16/h1-5H,(H2,12,13)(H,14,15,16)(H,17,18,19). The van der Waals surface area contributed by atoms with E-state index in [2.05, 4.69) is 0 Å². The van der Waals surface area contributed by atoms with Crippen molar-refractivity contribution in [2.75, 3.05) is 0 Å². The molecule has 0 radical (unpaired) electrons. The number of hydrogen-bond acceptors (Lipinski definition) is 5. The maximum Gasteiger partial charge on any atom is 0.295 e. The number of hydrogen-bond donors (Lipinski definition) is 3. The fraction of sp³-hybridized carbons (Fsp3) is 0. The van der Waals surface area contributed by atoms with Crippen molar-refractivity contribution < 1.29 is 30.7 Å². The first-order valence-electron chi connectivity index (χ1n) is 5.34. The van der Waals surface area contributed by atoms with Crippen LogP contribution in [-0.4, -0.2) is 31.8 Å². The van der Waals surface area contributed by atoms with Crippen LogP contribution in [0, 0.1) is 0 Å². The lowest BCUT2D eigenvalue weighted by Crippen LogP contribution is -2.16. The van der Waals surface area contributed by atoms with E-state index >= 15 is 0 Å². The van der Waals surface area contributed by atoms with Crippen molar-refractivity contribution in [2.45, 2.75) is 9.79 Å². The Morgan fingerprint density at radius 1 is 0.905 bits per heavy atom. The van der Waals surface area contributed by atoms with Crippen molar-refractivity contribution in [3.8, 4) is 0 Å². The van der Waals surface area contributed by atoms with Gasteiger partial charge in [0.05, 0.1) is 5.56 Å². The summed E-state index contributed by atoms with van der Waals surface area (Å²) in [5.74, 6) is -1.11. The Morgan fingerprint density at radius 2 is 1.52 bits per heavy atom. The Morgan fingerprint density at radius 3 is 2.00 bits per heavy atom. The van der Waals surface area contributed by atoms with Crippen molar-refractivity contribution in [1.82, 2.24) is 0 Å². The third-order valence-electron chi connectivity index (χ3n) is 2.77. The maximum absolute atomic E-state index is 11.5. The van der Waals surface area contributed by atoms with Crippen LogP contribution >= 0.6 is 0 Å². The normalized spacial score (nSPS) is 12.5. The van der Waals surface area contributed by atoms with E-state index in [9.17, 15) is 26.2 Å². The number of benzene rings is 2. The molecule has 4 N–H and O–H groups in total. The summed E-state index contributed by atoms with van der Waals surface area (Å²) in [7, 11) is -9.46. The number of carbonyl (C=O) groups excluding carboxylic acids is 1. The Kier molecular flexibility index (Phi) is 3.49. The van der Waals surface area contributed by atoms with Crippen molar-refractivity contribution in [1.29, 1.82) is 0 Å². The molecule has 0 aromatic heterocycles. The molecule has 0 unspecified atom stereocenters. The third kappa shape index (κ3) is 2.74. The molecule has 0 saturated heterocycles. The smallest absolute Gasteiger partial charge is 0.295 e. The van der Waals surface area contributed by atoms with E-state index in [1.54, 1.807) is 0 Å². The first-order chi connectivity index (χ1) is 9.53. The van der Waals surface area contributed by atoms with Crippen LogP contribution in [0.15, 0.2) is 40.1 Å². The lowest BCUT2D eigenvalue weighted by molar-refractivity contribution is 0.0997.